The maximum absolute atomic E-state index is 12.3. The Labute approximate surface area is 127 Å². The summed E-state index contributed by atoms with van der Waals surface area (Å²) in [6, 6.07) is 8.08. The van der Waals surface area contributed by atoms with Crippen LogP contribution in [-0.4, -0.2) is 44.2 Å². The van der Waals surface area contributed by atoms with E-state index < -0.39 is 5.54 Å². The zero-order valence-electron chi connectivity index (χ0n) is 11.3. The van der Waals surface area contributed by atoms with Crippen LogP contribution in [0.15, 0.2) is 24.3 Å². The summed E-state index contributed by atoms with van der Waals surface area (Å²) in [5.74, 6) is -0.199. The molecule has 1 heterocycles. The van der Waals surface area contributed by atoms with Crippen LogP contribution < -0.4 is 5.32 Å². The lowest BCUT2D eigenvalue weighted by molar-refractivity contribution is -0.155. The van der Waals surface area contributed by atoms with Crippen molar-refractivity contribution in [2.45, 2.75) is 12.5 Å². The minimum atomic E-state index is -0.707. The first kappa shape index (κ1) is 14.7. The highest BCUT2D eigenvalue weighted by molar-refractivity contribution is 14.1. The molecule has 104 valence electrons. The first-order valence-electron chi connectivity index (χ1n) is 6.39. The van der Waals surface area contributed by atoms with E-state index in [1.54, 1.807) is 0 Å². The Morgan fingerprint density at radius 1 is 1.32 bits per heavy atom. The molecule has 4 nitrogen and oxygen atoms in total. The molecule has 0 bridgehead atoms. The van der Waals surface area contributed by atoms with E-state index >= 15 is 0 Å². The predicted molar refractivity (Wildman–Crippen MR) is 83.0 cm³/mol. The highest BCUT2D eigenvalue weighted by Gasteiger charge is 2.42. The molecule has 0 spiro atoms. The van der Waals surface area contributed by atoms with Gasteiger partial charge in [-0.05, 0) is 47.2 Å². The third-order valence-corrected chi connectivity index (χ3v) is 4.46. The van der Waals surface area contributed by atoms with Crippen molar-refractivity contribution >= 4 is 28.6 Å². The third-order valence-electron chi connectivity index (χ3n) is 3.74. The lowest BCUT2D eigenvalue weighted by Crippen LogP contribution is -2.57. The standard InChI is InChI=1S/C14H19IN2O2/c1-14(13(18)19-2,17-9-7-16-8-10-17)11-3-5-12(15)6-4-11/h3-6,16H,7-10H2,1-2H3. The van der Waals surface area contributed by atoms with Gasteiger partial charge in [-0.15, -0.1) is 0 Å². The lowest BCUT2D eigenvalue weighted by Gasteiger charge is -2.41. The molecule has 0 aliphatic carbocycles. The molecule has 1 aromatic carbocycles. The smallest absolute Gasteiger partial charge is 0.330 e. The summed E-state index contributed by atoms with van der Waals surface area (Å²) in [6.07, 6.45) is 0. The number of halogens is 1. The number of hydrogen-bond donors (Lipinski definition) is 1. The van der Waals surface area contributed by atoms with Crippen LogP contribution >= 0.6 is 22.6 Å². The minimum Gasteiger partial charge on any atom is -0.467 e. The van der Waals surface area contributed by atoms with Gasteiger partial charge in [0, 0.05) is 29.7 Å². The maximum atomic E-state index is 12.3. The number of ether oxygens (including phenoxy) is 1. The van der Waals surface area contributed by atoms with Crippen molar-refractivity contribution in [3.05, 3.63) is 33.4 Å². The van der Waals surface area contributed by atoms with Gasteiger partial charge in [0.25, 0.3) is 0 Å². The number of methoxy groups -OCH3 is 1. The second-order valence-corrected chi connectivity index (χ2v) is 6.05. The van der Waals surface area contributed by atoms with Crippen LogP contribution in [0.25, 0.3) is 0 Å². The number of nitrogens with one attached hydrogen (secondary N) is 1. The molecule has 0 amide bonds. The molecule has 1 fully saturated rings. The number of hydrogen-bond acceptors (Lipinski definition) is 4. The molecule has 19 heavy (non-hydrogen) atoms. The van der Waals surface area contributed by atoms with Crippen LogP contribution in [-0.2, 0) is 15.1 Å². The first-order chi connectivity index (χ1) is 9.09. The van der Waals surface area contributed by atoms with Crippen molar-refractivity contribution in [3.8, 4) is 0 Å². The molecule has 5 heteroatoms. The van der Waals surface area contributed by atoms with Gasteiger partial charge in [-0.1, -0.05) is 12.1 Å². The summed E-state index contributed by atoms with van der Waals surface area (Å²) in [6.45, 7) is 5.44. The zero-order valence-corrected chi connectivity index (χ0v) is 13.4. The molecule has 1 aliphatic rings. The molecule has 1 aliphatic heterocycles. The molecule has 2 rings (SSSR count). The van der Waals surface area contributed by atoms with Crippen LogP contribution in [0.2, 0.25) is 0 Å². The number of esters is 1. The maximum Gasteiger partial charge on any atom is 0.330 e. The van der Waals surface area contributed by atoms with E-state index in [1.165, 1.54) is 7.11 Å². The fourth-order valence-corrected chi connectivity index (χ4v) is 2.87. The second kappa shape index (κ2) is 6.19. The first-order valence-corrected chi connectivity index (χ1v) is 7.47. The quantitative estimate of drug-likeness (QED) is 0.645. The topological polar surface area (TPSA) is 41.6 Å². The monoisotopic (exact) mass is 374 g/mol. The molecule has 1 atom stereocenters. The highest BCUT2D eigenvalue weighted by atomic mass is 127. The van der Waals surface area contributed by atoms with Gasteiger partial charge >= 0.3 is 5.97 Å². The predicted octanol–water partition coefficient (Wildman–Crippen LogP) is 1.58. The Hall–Kier alpha value is -0.660. The van der Waals surface area contributed by atoms with E-state index in [-0.39, 0.29) is 5.97 Å². The molecule has 0 radical (unpaired) electrons. The Bertz CT molecular complexity index is 443. The van der Waals surface area contributed by atoms with Crippen molar-refractivity contribution in [2.24, 2.45) is 0 Å². The lowest BCUT2D eigenvalue weighted by atomic mass is 9.89. The van der Waals surface area contributed by atoms with Gasteiger partial charge in [0.15, 0.2) is 0 Å². The van der Waals surface area contributed by atoms with Gasteiger partial charge < -0.3 is 10.1 Å². The van der Waals surface area contributed by atoms with Crippen molar-refractivity contribution < 1.29 is 9.53 Å². The van der Waals surface area contributed by atoms with E-state index in [9.17, 15) is 4.79 Å². The van der Waals surface area contributed by atoms with Gasteiger partial charge in [0.1, 0.15) is 5.54 Å². The average molecular weight is 374 g/mol. The SMILES string of the molecule is COC(=O)C(C)(c1ccc(I)cc1)N1CCNCC1. The number of carbonyl (C=O) groups is 1. The van der Waals surface area contributed by atoms with E-state index in [1.807, 2.05) is 31.2 Å². The fraction of sp³-hybridized carbons (Fsp3) is 0.500. The van der Waals surface area contributed by atoms with Crippen LogP contribution in [0.4, 0.5) is 0 Å². The largest absolute Gasteiger partial charge is 0.467 e. The highest BCUT2D eigenvalue weighted by Crippen LogP contribution is 2.30. The Morgan fingerprint density at radius 2 is 1.89 bits per heavy atom. The average Bonchev–Trinajstić information content (AvgIpc) is 2.47. The van der Waals surface area contributed by atoms with Crippen molar-refractivity contribution in [3.63, 3.8) is 0 Å². The summed E-state index contributed by atoms with van der Waals surface area (Å²) >= 11 is 2.27. The van der Waals surface area contributed by atoms with Crippen LogP contribution in [0.1, 0.15) is 12.5 Å². The molecule has 0 aromatic heterocycles. The fourth-order valence-electron chi connectivity index (χ4n) is 2.51. The van der Waals surface area contributed by atoms with Crippen molar-refractivity contribution in [1.29, 1.82) is 0 Å². The Morgan fingerprint density at radius 3 is 2.42 bits per heavy atom. The van der Waals surface area contributed by atoms with Gasteiger partial charge in [-0.25, -0.2) is 4.79 Å². The number of rotatable bonds is 3. The van der Waals surface area contributed by atoms with E-state index in [0.29, 0.717) is 0 Å². The number of piperazine rings is 1. The Balaban J connectivity index is 2.38. The summed E-state index contributed by atoms with van der Waals surface area (Å²) < 4.78 is 6.21. The summed E-state index contributed by atoms with van der Waals surface area (Å²) in [5, 5.41) is 3.31. The summed E-state index contributed by atoms with van der Waals surface area (Å²) in [4.78, 5) is 14.5. The van der Waals surface area contributed by atoms with Gasteiger partial charge in [-0.2, -0.15) is 0 Å². The Kier molecular flexibility index (Phi) is 4.81. The normalized spacial score (nSPS) is 19.7. The zero-order chi connectivity index (χ0) is 13.9. The van der Waals surface area contributed by atoms with Crippen LogP contribution in [0.5, 0.6) is 0 Å². The van der Waals surface area contributed by atoms with Crippen molar-refractivity contribution in [2.75, 3.05) is 33.3 Å². The molecule has 0 saturated carbocycles. The van der Waals surface area contributed by atoms with E-state index in [2.05, 4.69) is 32.8 Å². The second-order valence-electron chi connectivity index (χ2n) is 4.81. The molecule has 1 aromatic rings. The molecule has 1 saturated heterocycles. The van der Waals surface area contributed by atoms with Gasteiger partial charge in [0.2, 0.25) is 0 Å². The molecule has 1 N–H and O–H groups in total. The summed E-state index contributed by atoms with van der Waals surface area (Å²) in [7, 11) is 1.45. The van der Waals surface area contributed by atoms with Gasteiger partial charge in [0.05, 0.1) is 7.11 Å². The minimum absolute atomic E-state index is 0.199. The van der Waals surface area contributed by atoms with Gasteiger partial charge in [-0.3, -0.25) is 4.90 Å². The summed E-state index contributed by atoms with van der Waals surface area (Å²) in [5.41, 5.74) is 0.281. The third kappa shape index (κ3) is 2.93. The van der Waals surface area contributed by atoms with Crippen LogP contribution in [0, 0.1) is 3.57 Å². The number of carbonyl (C=O) groups excluding carboxylic acids is 1. The molecule has 1 unspecified atom stereocenters. The number of nitrogens with zero attached hydrogens (tertiary/aromatic N) is 1. The van der Waals surface area contributed by atoms with E-state index in [0.717, 1.165) is 35.3 Å². The number of benzene rings is 1. The van der Waals surface area contributed by atoms with Crippen LogP contribution in [0.3, 0.4) is 0 Å². The molecular formula is C14H19IN2O2. The molecular weight excluding hydrogens is 355 g/mol. The van der Waals surface area contributed by atoms with E-state index in [4.69, 9.17) is 4.74 Å². The van der Waals surface area contributed by atoms with Crippen molar-refractivity contribution in [1.82, 2.24) is 10.2 Å².